The van der Waals surface area contributed by atoms with Crippen molar-refractivity contribution in [3.8, 4) is 0 Å². The quantitative estimate of drug-likeness (QED) is 0.878. The number of nitrogens with zero attached hydrogens (tertiary/aromatic N) is 1. The molecule has 130 valence electrons. The lowest BCUT2D eigenvalue weighted by atomic mass is 10.1. The molecule has 1 atom stereocenters. The zero-order valence-corrected chi connectivity index (χ0v) is 14.1. The van der Waals surface area contributed by atoms with Crippen molar-refractivity contribution >= 4 is 11.8 Å². The number of carbonyl (C=O) groups excluding carboxylic acids is 2. The van der Waals surface area contributed by atoms with Crippen molar-refractivity contribution in [2.24, 2.45) is 0 Å². The third-order valence-corrected chi connectivity index (χ3v) is 4.19. The minimum Gasteiger partial charge on any atom is -0.366 e. The highest BCUT2D eigenvalue weighted by atomic mass is 16.5. The molecule has 1 heterocycles. The van der Waals surface area contributed by atoms with Gasteiger partial charge in [-0.1, -0.05) is 60.7 Å². The summed E-state index contributed by atoms with van der Waals surface area (Å²) >= 11 is 0. The second-order valence-electron chi connectivity index (χ2n) is 6.07. The van der Waals surface area contributed by atoms with Crippen molar-refractivity contribution in [3.05, 3.63) is 71.8 Å². The van der Waals surface area contributed by atoms with E-state index in [1.54, 1.807) is 4.90 Å². The van der Waals surface area contributed by atoms with E-state index in [2.05, 4.69) is 5.32 Å². The lowest BCUT2D eigenvalue weighted by Crippen LogP contribution is -2.48. The van der Waals surface area contributed by atoms with Gasteiger partial charge in [0, 0.05) is 19.6 Å². The summed E-state index contributed by atoms with van der Waals surface area (Å²) in [7, 11) is 0. The molecule has 0 bridgehead atoms. The van der Waals surface area contributed by atoms with Crippen molar-refractivity contribution in [1.29, 1.82) is 0 Å². The molecule has 0 aliphatic carbocycles. The van der Waals surface area contributed by atoms with Gasteiger partial charge in [0.2, 0.25) is 5.91 Å². The Morgan fingerprint density at radius 1 is 1.04 bits per heavy atom. The third kappa shape index (κ3) is 4.90. The fourth-order valence-electron chi connectivity index (χ4n) is 2.83. The minimum absolute atomic E-state index is 0.0525. The fraction of sp³-hybridized carbons (Fsp3) is 0.300. The number of hydrogen-bond acceptors (Lipinski definition) is 3. The predicted octanol–water partition coefficient (Wildman–Crippen LogP) is 2.12. The van der Waals surface area contributed by atoms with Gasteiger partial charge in [-0.3, -0.25) is 9.59 Å². The molecule has 3 rings (SSSR count). The molecule has 1 aliphatic rings. The molecule has 5 nitrogen and oxygen atoms in total. The summed E-state index contributed by atoms with van der Waals surface area (Å²) in [5.41, 5.74) is 2.10. The lowest BCUT2D eigenvalue weighted by Gasteiger charge is -2.32. The Hall–Kier alpha value is -2.66. The molecule has 2 amide bonds. The highest BCUT2D eigenvalue weighted by Gasteiger charge is 2.31. The smallest absolute Gasteiger partial charge is 0.252 e. The van der Waals surface area contributed by atoms with Crippen molar-refractivity contribution in [2.45, 2.75) is 25.6 Å². The van der Waals surface area contributed by atoms with Crippen LogP contribution in [0.2, 0.25) is 0 Å². The van der Waals surface area contributed by atoms with Gasteiger partial charge < -0.3 is 15.0 Å². The van der Waals surface area contributed by atoms with Gasteiger partial charge >= 0.3 is 0 Å². The lowest BCUT2D eigenvalue weighted by molar-refractivity contribution is -0.156. The average molecular weight is 338 g/mol. The molecule has 2 aromatic rings. The van der Waals surface area contributed by atoms with Crippen LogP contribution in [0.5, 0.6) is 0 Å². The molecule has 1 fully saturated rings. The van der Waals surface area contributed by atoms with E-state index in [0.29, 0.717) is 26.2 Å². The Kier molecular flexibility index (Phi) is 5.80. The summed E-state index contributed by atoms with van der Waals surface area (Å²) in [4.78, 5) is 26.5. The van der Waals surface area contributed by atoms with Gasteiger partial charge in [-0.2, -0.15) is 0 Å². The van der Waals surface area contributed by atoms with Gasteiger partial charge in [-0.25, -0.2) is 0 Å². The average Bonchev–Trinajstić information content (AvgIpc) is 2.65. The Balaban J connectivity index is 1.51. The van der Waals surface area contributed by atoms with E-state index in [1.807, 2.05) is 60.7 Å². The topological polar surface area (TPSA) is 58.6 Å². The van der Waals surface area contributed by atoms with Gasteiger partial charge in [0.05, 0.1) is 13.0 Å². The van der Waals surface area contributed by atoms with Crippen molar-refractivity contribution in [2.75, 3.05) is 13.2 Å². The van der Waals surface area contributed by atoms with E-state index < -0.39 is 6.10 Å². The molecule has 2 aromatic carbocycles. The largest absolute Gasteiger partial charge is 0.366 e. The van der Waals surface area contributed by atoms with E-state index in [-0.39, 0.29) is 18.2 Å². The number of morpholine rings is 1. The standard InChI is InChI=1S/C20H22N2O3/c23-19(21-14-16-7-3-1-4-8-16)13-18-20(24)22(11-12-25-18)15-17-9-5-2-6-10-17/h1-10,18H,11-15H2,(H,21,23)/t18-/m0/s1. The van der Waals surface area contributed by atoms with Gasteiger partial charge in [0.15, 0.2) is 0 Å². The van der Waals surface area contributed by atoms with Crippen LogP contribution in [0.25, 0.3) is 0 Å². The van der Waals surface area contributed by atoms with Crippen LogP contribution >= 0.6 is 0 Å². The first-order valence-corrected chi connectivity index (χ1v) is 8.47. The summed E-state index contributed by atoms with van der Waals surface area (Å²) in [6.45, 7) is 2.00. The maximum absolute atomic E-state index is 12.6. The van der Waals surface area contributed by atoms with Crippen LogP contribution < -0.4 is 5.32 Å². The third-order valence-electron chi connectivity index (χ3n) is 4.19. The number of benzene rings is 2. The van der Waals surface area contributed by atoms with E-state index >= 15 is 0 Å². The molecule has 0 spiro atoms. The molecular formula is C20H22N2O3. The number of hydrogen-bond donors (Lipinski definition) is 1. The Bertz CT molecular complexity index is 703. The maximum atomic E-state index is 12.6. The molecule has 0 aromatic heterocycles. The minimum atomic E-state index is -0.701. The van der Waals surface area contributed by atoms with Gasteiger partial charge in [0.25, 0.3) is 5.91 Å². The number of rotatable bonds is 6. The molecule has 25 heavy (non-hydrogen) atoms. The van der Waals surface area contributed by atoms with E-state index in [0.717, 1.165) is 11.1 Å². The van der Waals surface area contributed by atoms with E-state index in [1.165, 1.54) is 0 Å². The molecule has 1 saturated heterocycles. The van der Waals surface area contributed by atoms with Crippen molar-refractivity contribution in [3.63, 3.8) is 0 Å². The first-order valence-electron chi connectivity index (χ1n) is 8.47. The monoisotopic (exact) mass is 338 g/mol. The van der Waals surface area contributed by atoms with Crippen LogP contribution in [0.4, 0.5) is 0 Å². The van der Waals surface area contributed by atoms with Crippen molar-refractivity contribution < 1.29 is 14.3 Å². The summed E-state index contributed by atoms with van der Waals surface area (Å²) < 4.78 is 5.53. The molecule has 1 N–H and O–H groups in total. The van der Waals surface area contributed by atoms with Gasteiger partial charge in [0.1, 0.15) is 6.10 Å². The number of nitrogens with one attached hydrogen (secondary N) is 1. The highest BCUT2D eigenvalue weighted by Crippen LogP contribution is 2.14. The summed E-state index contributed by atoms with van der Waals surface area (Å²) in [6, 6.07) is 19.5. The summed E-state index contributed by atoms with van der Waals surface area (Å²) in [5.74, 6) is -0.297. The molecular weight excluding hydrogens is 316 g/mol. The van der Waals surface area contributed by atoms with E-state index in [4.69, 9.17) is 4.74 Å². The number of ether oxygens (including phenoxy) is 1. The Morgan fingerprint density at radius 3 is 2.36 bits per heavy atom. The number of amides is 2. The van der Waals surface area contributed by atoms with Crippen LogP contribution in [0.15, 0.2) is 60.7 Å². The van der Waals surface area contributed by atoms with Crippen molar-refractivity contribution in [1.82, 2.24) is 10.2 Å². The molecule has 0 saturated carbocycles. The zero-order valence-electron chi connectivity index (χ0n) is 14.1. The van der Waals surface area contributed by atoms with Crippen LogP contribution in [-0.2, 0) is 27.4 Å². The first kappa shape index (κ1) is 17.2. The summed E-state index contributed by atoms with van der Waals surface area (Å²) in [6.07, 6.45) is -0.648. The predicted molar refractivity (Wildman–Crippen MR) is 94.5 cm³/mol. The molecule has 1 aliphatic heterocycles. The molecule has 0 radical (unpaired) electrons. The highest BCUT2D eigenvalue weighted by molar-refractivity contribution is 5.88. The number of carbonyl (C=O) groups is 2. The molecule has 0 unspecified atom stereocenters. The second kappa shape index (κ2) is 8.44. The summed E-state index contributed by atoms with van der Waals surface area (Å²) in [5, 5.41) is 2.84. The van der Waals surface area contributed by atoms with Crippen LogP contribution in [-0.4, -0.2) is 36.0 Å². The van der Waals surface area contributed by atoms with Crippen LogP contribution in [0.1, 0.15) is 17.5 Å². The first-order chi connectivity index (χ1) is 12.2. The van der Waals surface area contributed by atoms with Gasteiger partial charge in [-0.05, 0) is 11.1 Å². The normalized spacial score (nSPS) is 17.4. The second-order valence-corrected chi connectivity index (χ2v) is 6.07. The maximum Gasteiger partial charge on any atom is 0.252 e. The Morgan fingerprint density at radius 2 is 1.68 bits per heavy atom. The zero-order chi connectivity index (χ0) is 17.5. The fourth-order valence-corrected chi connectivity index (χ4v) is 2.83. The van der Waals surface area contributed by atoms with Gasteiger partial charge in [-0.15, -0.1) is 0 Å². The van der Waals surface area contributed by atoms with E-state index in [9.17, 15) is 9.59 Å². The van der Waals surface area contributed by atoms with Crippen LogP contribution in [0.3, 0.4) is 0 Å². The Labute approximate surface area is 147 Å². The molecule has 5 heteroatoms. The SMILES string of the molecule is O=C(C[C@@H]1OCCN(Cc2ccccc2)C1=O)NCc1ccccc1. The van der Waals surface area contributed by atoms with Crippen LogP contribution in [0, 0.1) is 0 Å².